The number of fused-ring (bicyclic) bond motifs is 1. The van der Waals surface area contributed by atoms with Crippen LogP contribution in [0.25, 0.3) is 0 Å². The van der Waals surface area contributed by atoms with Gasteiger partial charge in [0.2, 0.25) is 5.91 Å². The van der Waals surface area contributed by atoms with Crippen LogP contribution in [0.3, 0.4) is 0 Å². The standard InChI is InChI=1S/C17H15N3O6S/c21-16(10-27-13-5-6-14-15(9-13)26-8-7-25-14)18-19-17(22)11-1-3-12(4-2-11)20(23)24/h1-6,9H,7-8,10H2,(H,18,21)(H,19,22). The molecule has 0 atom stereocenters. The second-order valence-corrected chi connectivity index (χ2v) is 6.45. The molecule has 0 spiro atoms. The molecule has 1 aliphatic rings. The Morgan fingerprint density at radius 1 is 1.04 bits per heavy atom. The number of carbonyl (C=O) groups is 2. The Bertz CT molecular complexity index is 871. The Kier molecular flexibility index (Phi) is 5.77. The van der Waals surface area contributed by atoms with E-state index >= 15 is 0 Å². The van der Waals surface area contributed by atoms with Gasteiger partial charge in [0.25, 0.3) is 11.6 Å². The van der Waals surface area contributed by atoms with Gasteiger partial charge >= 0.3 is 0 Å². The topological polar surface area (TPSA) is 120 Å². The normalized spacial score (nSPS) is 12.1. The molecule has 2 amide bonds. The van der Waals surface area contributed by atoms with E-state index in [9.17, 15) is 19.7 Å². The van der Waals surface area contributed by atoms with E-state index in [1.807, 2.05) is 6.07 Å². The number of benzene rings is 2. The molecular weight excluding hydrogens is 374 g/mol. The minimum Gasteiger partial charge on any atom is -0.486 e. The maximum Gasteiger partial charge on any atom is 0.269 e. The number of nitro benzene ring substituents is 1. The van der Waals surface area contributed by atoms with Gasteiger partial charge in [-0.25, -0.2) is 0 Å². The van der Waals surface area contributed by atoms with Crippen molar-refractivity contribution < 1.29 is 24.0 Å². The molecule has 3 rings (SSSR count). The molecule has 2 aromatic carbocycles. The van der Waals surface area contributed by atoms with Gasteiger partial charge in [-0.15, -0.1) is 11.8 Å². The second kappa shape index (κ2) is 8.41. The Hall–Kier alpha value is -3.27. The first-order valence-electron chi connectivity index (χ1n) is 7.89. The third kappa shape index (κ3) is 4.88. The van der Waals surface area contributed by atoms with Gasteiger partial charge < -0.3 is 9.47 Å². The number of ether oxygens (including phenoxy) is 2. The number of non-ortho nitro benzene ring substituents is 1. The number of nitro groups is 1. The lowest BCUT2D eigenvalue weighted by Gasteiger charge is -2.18. The predicted octanol–water partition coefficient (Wildman–Crippen LogP) is 1.92. The summed E-state index contributed by atoms with van der Waals surface area (Å²) in [5.41, 5.74) is 4.64. The Balaban J connectivity index is 1.46. The van der Waals surface area contributed by atoms with E-state index < -0.39 is 16.7 Å². The minimum absolute atomic E-state index is 0.0835. The van der Waals surface area contributed by atoms with Crippen molar-refractivity contribution in [3.05, 3.63) is 58.1 Å². The monoisotopic (exact) mass is 389 g/mol. The summed E-state index contributed by atoms with van der Waals surface area (Å²) in [4.78, 5) is 34.7. The van der Waals surface area contributed by atoms with E-state index in [1.54, 1.807) is 12.1 Å². The van der Waals surface area contributed by atoms with Crippen LogP contribution >= 0.6 is 11.8 Å². The summed E-state index contributed by atoms with van der Waals surface area (Å²) in [5, 5.41) is 10.6. The highest BCUT2D eigenvalue weighted by Gasteiger charge is 2.13. The van der Waals surface area contributed by atoms with Crippen LogP contribution in [0.15, 0.2) is 47.4 Å². The summed E-state index contributed by atoms with van der Waals surface area (Å²) < 4.78 is 10.9. The fourth-order valence-corrected chi connectivity index (χ4v) is 2.96. The number of hydrogen-bond donors (Lipinski definition) is 2. The highest BCUT2D eigenvalue weighted by atomic mass is 32.2. The van der Waals surface area contributed by atoms with Gasteiger partial charge in [-0.2, -0.15) is 0 Å². The number of nitrogens with zero attached hydrogens (tertiary/aromatic N) is 1. The fraction of sp³-hybridized carbons (Fsp3) is 0.176. The van der Waals surface area contributed by atoms with Crippen LogP contribution in [-0.2, 0) is 4.79 Å². The quantitative estimate of drug-likeness (QED) is 0.455. The molecule has 27 heavy (non-hydrogen) atoms. The third-order valence-corrected chi connectivity index (χ3v) is 4.53. The average molecular weight is 389 g/mol. The van der Waals surface area contributed by atoms with Crippen LogP contribution in [0.5, 0.6) is 11.5 Å². The van der Waals surface area contributed by atoms with Crippen molar-refractivity contribution >= 4 is 29.3 Å². The number of hydrogen-bond acceptors (Lipinski definition) is 7. The molecular formula is C17H15N3O6S. The molecule has 0 saturated heterocycles. The van der Waals surface area contributed by atoms with Crippen molar-refractivity contribution in [1.82, 2.24) is 10.9 Å². The maximum absolute atomic E-state index is 11.9. The van der Waals surface area contributed by atoms with Crippen molar-refractivity contribution in [3.8, 4) is 11.5 Å². The van der Waals surface area contributed by atoms with Crippen molar-refractivity contribution in [2.24, 2.45) is 0 Å². The van der Waals surface area contributed by atoms with Crippen LogP contribution in [0.4, 0.5) is 5.69 Å². The molecule has 1 heterocycles. The number of nitrogens with one attached hydrogen (secondary N) is 2. The van der Waals surface area contributed by atoms with Gasteiger partial charge in [0.1, 0.15) is 13.2 Å². The van der Waals surface area contributed by atoms with Crippen LogP contribution in [0, 0.1) is 10.1 Å². The van der Waals surface area contributed by atoms with Gasteiger partial charge in [-0.05, 0) is 30.3 Å². The average Bonchev–Trinajstić information content (AvgIpc) is 2.70. The molecule has 0 aromatic heterocycles. The lowest BCUT2D eigenvalue weighted by molar-refractivity contribution is -0.384. The summed E-state index contributed by atoms with van der Waals surface area (Å²) in [5.74, 6) is 0.427. The molecule has 0 unspecified atom stereocenters. The highest BCUT2D eigenvalue weighted by Crippen LogP contribution is 2.34. The van der Waals surface area contributed by atoms with Crippen molar-refractivity contribution in [1.29, 1.82) is 0 Å². The van der Waals surface area contributed by atoms with Crippen LogP contribution in [0.2, 0.25) is 0 Å². The van der Waals surface area contributed by atoms with Crippen molar-refractivity contribution in [3.63, 3.8) is 0 Å². The predicted molar refractivity (Wildman–Crippen MR) is 96.9 cm³/mol. The fourth-order valence-electron chi connectivity index (χ4n) is 2.23. The summed E-state index contributed by atoms with van der Waals surface area (Å²) >= 11 is 1.28. The highest BCUT2D eigenvalue weighted by molar-refractivity contribution is 8.00. The Morgan fingerprint density at radius 2 is 1.74 bits per heavy atom. The molecule has 140 valence electrons. The second-order valence-electron chi connectivity index (χ2n) is 5.40. The van der Waals surface area contributed by atoms with Crippen LogP contribution in [-0.4, -0.2) is 35.7 Å². The lowest BCUT2D eigenvalue weighted by atomic mass is 10.2. The van der Waals surface area contributed by atoms with E-state index in [-0.39, 0.29) is 17.0 Å². The first-order valence-corrected chi connectivity index (χ1v) is 8.87. The molecule has 0 fully saturated rings. The van der Waals surface area contributed by atoms with E-state index in [0.717, 1.165) is 4.90 Å². The number of rotatable bonds is 5. The van der Waals surface area contributed by atoms with E-state index in [1.165, 1.54) is 36.0 Å². The molecule has 0 radical (unpaired) electrons. The van der Waals surface area contributed by atoms with Crippen LogP contribution in [0.1, 0.15) is 10.4 Å². The SMILES string of the molecule is O=C(CSc1ccc2c(c1)OCCO2)NNC(=O)c1ccc([N+](=O)[O-])cc1. The first kappa shape index (κ1) is 18.5. The molecule has 10 heteroatoms. The lowest BCUT2D eigenvalue weighted by Crippen LogP contribution is -2.42. The zero-order valence-corrected chi connectivity index (χ0v) is 14.8. The Labute approximate surface area is 158 Å². The van der Waals surface area contributed by atoms with Crippen molar-refractivity contribution in [2.75, 3.05) is 19.0 Å². The minimum atomic E-state index is -0.567. The Morgan fingerprint density at radius 3 is 2.44 bits per heavy atom. The molecule has 0 aliphatic carbocycles. The molecule has 2 aromatic rings. The number of amides is 2. The molecule has 0 saturated carbocycles. The van der Waals surface area contributed by atoms with Gasteiger partial charge in [0.15, 0.2) is 11.5 Å². The first-order chi connectivity index (χ1) is 13.0. The molecule has 1 aliphatic heterocycles. The molecule has 0 bridgehead atoms. The van der Waals surface area contributed by atoms with Gasteiger partial charge in [-0.3, -0.25) is 30.6 Å². The summed E-state index contributed by atoms with van der Waals surface area (Å²) in [7, 11) is 0. The van der Waals surface area contributed by atoms with Gasteiger partial charge in [0, 0.05) is 22.6 Å². The number of carbonyl (C=O) groups excluding carboxylic acids is 2. The molecule has 2 N–H and O–H groups in total. The van der Waals surface area contributed by atoms with Crippen LogP contribution < -0.4 is 20.3 Å². The van der Waals surface area contributed by atoms with Crippen molar-refractivity contribution in [2.45, 2.75) is 4.90 Å². The van der Waals surface area contributed by atoms with Gasteiger partial charge in [0.05, 0.1) is 10.7 Å². The zero-order chi connectivity index (χ0) is 19.2. The summed E-state index contributed by atoms with van der Waals surface area (Å²) in [6, 6.07) is 10.4. The van der Waals surface area contributed by atoms with E-state index in [2.05, 4.69) is 10.9 Å². The van der Waals surface area contributed by atoms with E-state index in [0.29, 0.717) is 24.7 Å². The smallest absolute Gasteiger partial charge is 0.269 e. The number of thioether (sulfide) groups is 1. The van der Waals surface area contributed by atoms with Gasteiger partial charge in [-0.1, -0.05) is 0 Å². The van der Waals surface area contributed by atoms with E-state index in [4.69, 9.17) is 9.47 Å². The number of hydrazine groups is 1. The maximum atomic E-state index is 11.9. The third-order valence-electron chi connectivity index (χ3n) is 3.54. The summed E-state index contributed by atoms with van der Waals surface area (Å²) in [6.07, 6.45) is 0. The zero-order valence-electron chi connectivity index (χ0n) is 14.0. The molecule has 9 nitrogen and oxygen atoms in total. The summed E-state index contributed by atoms with van der Waals surface area (Å²) in [6.45, 7) is 0.993. The largest absolute Gasteiger partial charge is 0.486 e.